The quantitative estimate of drug-likeness (QED) is 0.704. The molecule has 84 valence electrons. The highest BCUT2D eigenvalue weighted by Gasteiger charge is 2.27. The maximum atomic E-state index is 4.21. The molecule has 0 bridgehead atoms. The monoisotopic (exact) mass is 208 g/mol. The van der Waals surface area contributed by atoms with E-state index in [2.05, 4.69) is 35.8 Å². The van der Waals surface area contributed by atoms with E-state index in [1.807, 2.05) is 11.0 Å². The number of hydrogen-bond acceptors (Lipinski definition) is 3. The molecule has 0 unspecified atom stereocenters. The van der Waals surface area contributed by atoms with Crippen LogP contribution in [0.15, 0.2) is 12.7 Å². The maximum absolute atomic E-state index is 4.21. The summed E-state index contributed by atoms with van der Waals surface area (Å²) in [6.07, 6.45) is 5.81. The van der Waals surface area contributed by atoms with Crippen LogP contribution in [-0.2, 0) is 0 Å². The molecule has 1 aromatic heterocycles. The molecule has 1 saturated heterocycles. The van der Waals surface area contributed by atoms with Crippen molar-refractivity contribution in [1.82, 2.24) is 19.7 Å². The molecule has 0 aliphatic carbocycles. The molecule has 0 saturated carbocycles. The fraction of sp³-hybridized carbons (Fsp3) is 0.818. The van der Waals surface area contributed by atoms with Gasteiger partial charge in [-0.1, -0.05) is 0 Å². The fourth-order valence-corrected chi connectivity index (χ4v) is 2.21. The third-order valence-corrected chi connectivity index (χ3v) is 3.22. The SMILES string of the molecule is CC(C)(C)N1CCC(n2cncn2)CC1. The van der Waals surface area contributed by atoms with Gasteiger partial charge in [0.2, 0.25) is 0 Å². The van der Waals surface area contributed by atoms with Crippen LogP contribution in [0.5, 0.6) is 0 Å². The molecule has 0 spiro atoms. The Morgan fingerprint density at radius 2 is 1.87 bits per heavy atom. The highest BCUT2D eigenvalue weighted by Crippen LogP contribution is 2.25. The smallest absolute Gasteiger partial charge is 0.137 e. The van der Waals surface area contributed by atoms with Crippen LogP contribution < -0.4 is 0 Å². The van der Waals surface area contributed by atoms with Crippen LogP contribution in [0.25, 0.3) is 0 Å². The summed E-state index contributed by atoms with van der Waals surface area (Å²) in [5.41, 5.74) is 0.299. The maximum Gasteiger partial charge on any atom is 0.137 e. The Labute approximate surface area is 91.3 Å². The Morgan fingerprint density at radius 3 is 2.33 bits per heavy atom. The van der Waals surface area contributed by atoms with Gasteiger partial charge in [0.15, 0.2) is 0 Å². The highest BCUT2D eigenvalue weighted by atomic mass is 15.3. The second kappa shape index (κ2) is 3.93. The van der Waals surface area contributed by atoms with E-state index < -0.39 is 0 Å². The zero-order chi connectivity index (χ0) is 10.9. The van der Waals surface area contributed by atoms with Gasteiger partial charge >= 0.3 is 0 Å². The minimum Gasteiger partial charge on any atom is -0.298 e. The standard InChI is InChI=1S/C11H20N4/c1-11(2,3)14-6-4-10(5-7-14)15-9-12-8-13-15/h8-10H,4-7H2,1-3H3. The Kier molecular flexibility index (Phi) is 2.78. The first-order valence-corrected chi connectivity index (χ1v) is 5.66. The zero-order valence-electron chi connectivity index (χ0n) is 9.85. The molecule has 0 N–H and O–H groups in total. The summed E-state index contributed by atoms with van der Waals surface area (Å²) in [6, 6.07) is 0.547. The number of hydrogen-bond donors (Lipinski definition) is 0. The van der Waals surface area contributed by atoms with E-state index >= 15 is 0 Å². The molecule has 1 aliphatic heterocycles. The fourth-order valence-electron chi connectivity index (χ4n) is 2.21. The zero-order valence-corrected chi connectivity index (χ0v) is 9.85. The van der Waals surface area contributed by atoms with Gasteiger partial charge in [0.25, 0.3) is 0 Å². The third-order valence-electron chi connectivity index (χ3n) is 3.22. The van der Waals surface area contributed by atoms with E-state index in [9.17, 15) is 0 Å². The van der Waals surface area contributed by atoms with E-state index in [-0.39, 0.29) is 0 Å². The predicted octanol–water partition coefficient (Wildman–Crippen LogP) is 1.71. The average molecular weight is 208 g/mol. The van der Waals surface area contributed by atoms with Gasteiger partial charge in [-0.05, 0) is 33.6 Å². The molecule has 0 aromatic carbocycles. The molecule has 1 fully saturated rings. The minimum atomic E-state index is 0.299. The predicted molar refractivity (Wildman–Crippen MR) is 59.6 cm³/mol. The molecule has 2 rings (SSSR count). The molecule has 0 amide bonds. The van der Waals surface area contributed by atoms with Crippen LogP contribution in [-0.4, -0.2) is 38.3 Å². The van der Waals surface area contributed by atoms with Gasteiger partial charge in [0.1, 0.15) is 12.7 Å². The molecular weight excluding hydrogens is 188 g/mol. The van der Waals surface area contributed by atoms with Crippen LogP contribution in [0.3, 0.4) is 0 Å². The van der Waals surface area contributed by atoms with Crippen molar-refractivity contribution in [2.45, 2.75) is 45.2 Å². The van der Waals surface area contributed by atoms with Crippen molar-refractivity contribution in [1.29, 1.82) is 0 Å². The first-order chi connectivity index (χ1) is 7.07. The van der Waals surface area contributed by atoms with E-state index in [0.29, 0.717) is 11.6 Å². The van der Waals surface area contributed by atoms with E-state index in [0.717, 1.165) is 13.1 Å². The van der Waals surface area contributed by atoms with Gasteiger partial charge in [-0.25, -0.2) is 9.67 Å². The summed E-state index contributed by atoms with van der Waals surface area (Å²) in [5, 5.41) is 4.21. The van der Waals surface area contributed by atoms with Crippen LogP contribution in [0, 0.1) is 0 Å². The first kappa shape index (κ1) is 10.6. The van der Waals surface area contributed by atoms with Crippen molar-refractivity contribution in [3.63, 3.8) is 0 Å². The molecule has 4 heteroatoms. The summed E-state index contributed by atoms with van der Waals surface area (Å²) in [7, 11) is 0. The molecule has 1 aliphatic rings. The molecule has 15 heavy (non-hydrogen) atoms. The Hall–Kier alpha value is -0.900. The molecule has 4 nitrogen and oxygen atoms in total. The second-order valence-corrected chi connectivity index (χ2v) is 5.26. The second-order valence-electron chi connectivity index (χ2n) is 5.26. The molecule has 0 atom stereocenters. The number of rotatable bonds is 1. The summed E-state index contributed by atoms with van der Waals surface area (Å²) in [4.78, 5) is 6.55. The number of piperidine rings is 1. The minimum absolute atomic E-state index is 0.299. The summed E-state index contributed by atoms with van der Waals surface area (Å²) in [6.45, 7) is 9.16. The van der Waals surface area contributed by atoms with E-state index in [1.54, 1.807) is 6.33 Å². The van der Waals surface area contributed by atoms with Gasteiger partial charge in [-0.2, -0.15) is 5.10 Å². The van der Waals surface area contributed by atoms with Crippen molar-refractivity contribution in [2.75, 3.05) is 13.1 Å². The van der Waals surface area contributed by atoms with Crippen molar-refractivity contribution in [2.24, 2.45) is 0 Å². The Morgan fingerprint density at radius 1 is 1.20 bits per heavy atom. The van der Waals surface area contributed by atoms with Crippen LogP contribution >= 0.6 is 0 Å². The average Bonchev–Trinajstić information content (AvgIpc) is 2.69. The lowest BCUT2D eigenvalue weighted by Crippen LogP contribution is -2.46. The number of aromatic nitrogens is 3. The van der Waals surface area contributed by atoms with Gasteiger partial charge < -0.3 is 0 Å². The van der Waals surface area contributed by atoms with Gasteiger partial charge in [0, 0.05) is 18.6 Å². The Bertz CT molecular complexity index is 291. The van der Waals surface area contributed by atoms with Crippen molar-refractivity contribution >= 4 is 0 Å². The van der Waals surface area contributed by atoms with Crippen molar-refractivity contribution < 1.29 is 0 Å². The summed E-state index contributed by atoms with van der Waals surface area (Å²) in [5.74, 6) is 0. The molecular formula is C11H20N4. The van der Waals surface area contributed by atoms with Crippen LogP contribution in [0.2, 0.25) is 0 Å². The molecule has 2 heterocycles. The van der Waals surface area contributed by atoms with E-state index in [4.69, 9.17) is 0 Å². The number of nitrogens with zero attached hydrogens (tertiary/aromatic N) is 4. The lowest BCUT2D eigenvalue weighted by molar-refractivity contribution is 0.0869. The largest absolute Gasteiger partial charge is 0.298 e. The van der Waals surface area contributed by atoms with E-state index in [1.165, 1.54) is 12.8 Å². The topological polar surface area (TPSA) is 34.0 Å². The van der Waals surface area contributed by atoms with Crippen molar-refractivity contribution in [3.8, 4) is 0 Å². The highest BCUT2D eigenvalue weighted by molar-refractivity contribution is 4.83. The number of likely N-dealkylation sites (tertiary alicyclic amines) is 1. The molecule has 0 radical (unpaired) electrons. The third kappa shape index (κ3) is 2.37. The van der Waals surface area contributed by atoms with Crippen LogP contribution in [0.4, 0.5) is 0 Å². The van der Waals surface area contributed by atoms with Crippen LogP contribution in [0.1, 0.15) is 39.7 Å². The summed E-state index contributed by atoms with van der Waals surface area (Å²) < 4.78 is 2.00. The lowest BCUT2D eigenvalue weighted by Gasteiger charge is -2.40. The first-order valence-electron chi connectivity index (χ1n) is 5.66. The lowest BCUT2D eigenvalue weighted by atomic mass is 9.98. The summed E-state index contributed by atoms with van der Waals surface area (Å²) >= 11 is 0. The van der Waals surface area contributed by atoms with Crippen molar-refractivity contribution in [3.05, 3.63) is 12.7 Å². The molecule has 1 aromatic rings. The van der Waals surface area contributed by atoms with Gasteiger partial charge in [-0.3, -0.25) is 4.90 Å². The normalized spacial score (nSPS) is 20.7. The Balaban J connectivity index is 1.93. The van der Waals surface area contributed by atoms with Gasteiger partial charge in [-0.15, -0.1) is 0 Å². The van der Waals surface area contributed by atoms with Gasteiger partial charge in [0.05, 0.1) is 6.04 Å².